The average molecular weight is 316 g/mol. The minimum absolute atomic E-state index is 0.129. The number of hydrogen-bond donors (Lipinski definition) is 1. The molecule has 0 saturated heterocycles. The van der Waals surface area contributed by atoms with Gasteiger partial charge >= 0.3 is 6.61 Å². The molecule has 2 aromatic rings. The smallest absolute Gasteiger partial charge is 0.387 e. The Morgan fingerprint density at radius 3 is 2.67 bits per heavy atom. The first-order valence-corrected chi connectivity index (χ1v) is 6.76. The maximum Gasteiger partial charge on any atom is 0.387 e. The van der Waals surface area contributed by atoms with Gasteiger partial charge in [-0.1, -0.05) is 11.6 Å². The van der Waals surface area contributed by atoms with Crippen LogP contribution >= 0.6 is 11.6 Å². The zero-order chi connectivity index (χ0) is 15.4. The molecule has 0 saturated carbocycles. The third-order valence-electron chi connectivity index (χ3n) is 3.21. The van der Waals surface area contributed by atoms with E-state index in [0.717, 1.165) is 11.3 Å². The van der Waals surface area contributed by atoms with E-state index < -0.39 is 6.61 Å². The maximum atomic E-state index is 12.4. The van der Waals surface area contributed by atoms with E-state index in [0.29, 0.717) is 23.7 Å². The maximum absolute atomic E-state index is 12.4. The number of nitrogens with one attached hydrogen (secondary N) is 1. The number of aromatic nitrogens is 2. The van der Waals surface area contributed by atoms with Crippen molar-refractivity contribution in [3.05, 3.63) is 46.2 Å². The summed E-state index contributed by atoms with van der Waals surface area (Å²) in [4.78, 5) is 0. The van der Waals surface area contributed by atoms with Gasteiger partial charge in [-0.05, 0) is 25.1 Å². The minimum Gasteiger partial charge on any atom is -0.434 e. The summed E-state index contributed by atoms with van der Waals surface area (Å²) in [6, 6.07) is 4.58. The molecule has 21 heavy (non-hydrogen) atoms. The molecule has 0 fully saturated rings. The molecule has 0 spiro atoms. The number of benzene rings is 1. The second-order valence-corrected chi connectivity index (χ2v) is 5.05. The van der Waals surface area contributed by atoms with Gasteiger partial charge in [0.2, 0.25) is 0 Å². The average Bonchev–Trinajstić information content (AvgIpc) is 2.73. The van der Waals surface area contributed by atoms with Crippen LogP contribution in [0.5, 0.6) is 5.75 Å². The van der Waals surface area contributed by atoms with Crippen molar-refractivity contribution >= 4 is 11.6 Å². The van der Waals surface area contributed by atoms with Crippen LogP contribution in [0.3, 0.4) is 0 Å². The first kappa shape index (κ1) is 15.7. The molecule has 2 rings (SSSR count). The molecular formula is C14H16ClF2N3O. The second kappa shape index (κ2) is 6.87. The molecule has 1 aromatic carbocycles. The van der Waals surface area contributed by atoms with E-state index in [2.05, 4.69) is 15.2 Å². The van der Waals surface area contributed by atoms with Crippen molar-refractivity contribution in [1.29, 1.82) is 0 Å². The van der Waals surface area contributed by atoms with Crippen LogP contribution < -0.4 is 10.1 Å². The van der Waals surface area contributed by atoms with Crippen LogP contribution in [0.1, 0.15) is 16.8 Å². The molecular weight excluding hydrogens is 300 g/mol. The standard InChI is InChI=1S/C14H16ClF2N3O/c1-9-11(8-19-20(9)2)7-18-6-10-5-12(15)3-4-13(10)21-14(16)17/h3-5,8,14,18H,6-7H2,1-2H3. The second-order valence-electron chi connectivity index (χ2n) is 4.61. The Balaban J connectivity index is 2.02. The van der Waals surface area contributed by atoms with Gasteiger partial charge < -0.3 is 10.1 Å². The lowest BCUT2D eigenvalue weighted by Gasteiger charge is -2.12. The van der Waals surface area contributed by atoms with Gasteiger partial charge in [-0.2, -0.15) is 13.9 Å². The molecule has 1 heterocycles. The molecule has 0 amide bonds. The lowest BCUT2D eigenvalue weighted by Crippen LogP contribution is -2.15. The Bertz CT molecular complexity index is 616. The van der Waals surface area contributed by atoms with Gasteiger partial charge in [0.15, 0.2) is 0 Å². The van der Waals surface area contributed by atoms with Crippen molar-refractivity contribution in [3.8, 4) is 5.75 Å². The molecule has 0 aliphatic carbocycles. The van der Waals surface area contributed by atoms with Crippen LogP contribution in [0.4, 0.5) is 8.78 Å². The van der Waals surface area contributed by atoms with E-state index in [9.17, 15) is 8.78 Å². The van der Waals surface area contributed by atoms with Crippen molar-refractivity contribution in [2.24, 2.45) is 7.05 Å². The molecule has 4 nitrogen and oxygen atoms in total. The van der Waals surface area contributed by atoms with E-state index in [4.69, 9.17) is 11.6 Å². The summed E-state index contributed by atoms with van der Waals surface area (Å²) in [7, 11) is 1.87. The summed E-state index contributed by atoms with van der Waals surface area (Å²) < 4.78 is 31.0. The number of aryl methyl sites for hydroxylation is 1. The zero-order valence-electron chi connectivity index (χ0n) is 11.7. The van der Waals surface area contributed by atoms with Gasteiger partial charge in [-0.25, -0.2) is 0 Å². The monoisotopic (exact) mass is 315 g/mol. The van der Waals surface area contributed by atoms with Crippen LogP contribution in [-0.4, -0.2) is 16.4 Å². The Hall–Kier alpha value is -1.66. The highest BCUT2D eigenvalue weighted by Crippen LogP contribution is 2.24. The van der Waals surface area contributed by atoms with Gasteiger partial charge in [0.25, 0.3) is 0 Å². The molecule has 0 bridgehead atoms. The SMILES string of the molecule is Cc1c(CNCc2cc(Cl)ccc2OC(F)F)cnn1C. The number of nitrogens with zero attached hydrogens (tertiary/aromatic N) is 2. The lowest BCUT2D eigenvalue weighted by molar-refractivity contribution is -0.0505. The molecule has 0 atom stereocenters. The predicted molar refractivity (Wildman–Crippen MR) is 76.6 cm³/mol. The van der Waals surface area contributed by atoms with Crippen LogP contribution in [0.25, 0.3) is 0 Å². The number of alkyl halides is 2. The summed E-state index contributed by atoms with van der Waals surface area (Å²) in [5, 5.41) is 7.80. The summed E-state index contributed by atoms with van der Waals surface area (Å²) in [5.74, 6) is 0.129. The summed E-state index contributed by atoms with van der Waals surface area (Å²) >= 11 is 5.89. The van der Waals surface area contributed by atoms with Crippen molar-refractivity contribution in [1.82, 2.24) is 15.1 Å². The van der Waals surface area contributed by atoms with Gasteiger partial charge in [0.1, 0.15) is 5.75 Å². The van der Waals surface area contributed by atoms with Gasteiger partial charge in [-0.15, -0.1) is 0 Å². The Morgan fingerprint density at radius 2 is 2.05 bits per heavy atom. The number of halogens is 3. The van der Waals surface area contributed by atoms with E-state index >= 15 is 0 Å². The van der Waals surface area contributed by atoms with Crippen LogP contribution in [0, 0.1) is 6.92 Å². The molecule has 0 unspecified atom stereocenters. The zero-order valence-corrected chi connectivity index (χ0v) is 12.5. The first-order valence-electron chi connectivity index (χ1n) is 6.39. The van der Waals surface area contributed by atoms with Gasteiger partial charge in [0, 0.05) is 42.0 Å². The van der Waals surface area contributed by atoms with Crippen molar-refractivity contribution < 1.29 is 13.5 Å². The number of rotatable bonds is 6. The normalized spacial score (nSPS) is 11.1. The van der Waals surface area contributed by atoms with E-state index in [-0.39, 0.29) is 5.75 Å². The molecule has 1 N–H and O–H groups in total. The van der Waals surface area contributed by atoms with Crippen LogP contribution in [-0.2, 0) is 20.1 Å². The largest absolute Gasteiger partial charge is 0.434 e. The highest BCUT2D eigenvalue weighted by Gasteiger charge is 2.10. The van der Waals surface area contributed by atoms with Gasteiger partial charge in [-0.3, -0.25) is 4.68 Å². The summed E-state index contributed by atoms with van der Waals surface area (Å²) in [6.07, 6.45) is 1.77. The fourth-order valence-corrected chi connectivity index (χ4v) is 2.14. The van der Waals surface area contributed by atoms with Crippen LogP contribution in [0.15, 0.2) is 24.4 Å². The fraction of sp³-hybridized carbons (Fsp3) is 0.357. The molecule has 114 valence electrons. The first-order chi connectivity index (χ1) is 9.97. The Labute approximate surface area is 126 Å². The van der Waals surface area contributed by atoms with Crippen molar-refractivity contribution in [3.63, 3.8) is 0 Å². The fourth-order valence-electron chi connectivity index (χ4n) is 1.95. The molecule has 0 aliphatic heterocycles. The number of hydrogen-bond acceptors (Lipinski definition) is 3. The third kappa shape index (κ3) is 4.15. The number of ether oxygens (including phenoxy) is 1. The van der Waals surface area contributed by atoms with E-state index in [1.165, 1.54) is 12.1 Å². The van der Waals surface area contributed by atoms with E-state index in [1.807, 2.05) is 14.0 Å². The quantitative estimate of drug-likeness (QED) is 0.889. The van der Waals surface area contributed by atoms with Gasteiger partial charge in [0.05, 0.1) is 6.20 Å². The topological polar surface area (TPSA) is 39.1 Å². The molecule has 7 heteroatoms. The highest BCUT2D eigenvalue weighted by molar-refractivity contribution is 6.30. The van der Waals surface area contributed by atoms with E-state index in [1.54, 1.807) is 16.9 Å². The molecule has 0 radical (unpaired) electrons. The third-order valence-corrected chi connectivity index (χ3v) is 3.44. The van der Waals surface area contributed by atoms with Crippen molar-refractivity contribution in [2.45, 2.75) is 26.6 Å². The molecule has 0 aliphatic rings. The Morgan fingerprint density at radius 1 is 1.33 bits per heavy atom. The summed E-state index contributed by atoms with van der Waals surface area (Å²) in [6.45, 7) is 0.0666. The van der Waals surface area contributed by atoms with Crippen LogP contribution in [0.2, 0.25) is 5.02 Å². The van der Waals surface area contributed by atoms with Crippen molar-refractivity contribution in [2.75, 3.05) is 0 Å². The lowest BCUT2D eigenvalue weighted by atomic mass is 10.2. The predicted octanol–water partition coefficient (Wildman–Crippen LogP) is 3.27. The Kier molecular flexibility index (Phi) is 5.14. The molecule has 1 aromatic heterocycles. The highest BCUT2D eigenvalue weighted by atomic mass is 35.5. The summed E-state index contributed by atoms with van der Waals surface area (Å²) in [5.41, 5.74) is 2.69. The minimum atomic E-state index is -2.86.